The van der Waals surface area contributed by atoms with Crippen LogP contribution in [0.5, 0.6) is 5.75 Å². The number of likely N-dealkylation sites (tertiary alicyclic amines) is 1. The molecule has 1 N–H and O–H groups in total. The van der Waals surface area contributed by atoms with Gasteiger partial charge in [0.2, 0.25) is 5.91 Å². The van der Waals surface area contributed by atoms with Crippen LogP contribution in [0.4, 0.5) is 0 Å². The summed E-state index contributed by atoms with van der Waals surface area (Å²) in [6.45, 7) is 2.31. The quantitative estimate of drug-likeness (QED) is 0.820. The van der Waals surface area contributed by atoms with E-state index in [0.29, 0.717) is 19.6 Å². The lowest BCUT2D eigenvalue weighted by Gasteiger charge is -2.31. The van der Waals surface area contributed by atoms with E-state index in [-0.39, 0.29) is 18.4 Å². The molecule has 1 amide bonds. The minimum atomic E-state index is 0.186. The first-order valence-corrected chi connectivity index (χ1v) is 8.89. The van der Waals surface area contributed by atoms with Gasteiger partial charge >= 0.3 is 0 Å². The number of nitrogens with zero attached hydrogens (tertiary/aromatic N) is 1. The standard InChI is InChI=1S/C19H27NO3/c21-14-15-4-2-10-20(13-15)19(22)7-3-11-23-18-9-8-16-5-1-6-17(16)12-18/h8-9,12,15,21H,1-7,10-11,13-14H2. The van der Waals surface area contributed by atoms with Gasteiger partial charge in [0.05, 0.1) is 6.61 Å². The molecule has 1 aromatic rings. The Morgan fingerprint density at radius 1 is 1.26 bits per heavy atom. The van der Waals surface area contributed by atoms with E-state index >= 15 is 0 Å². The van der Waals surface area contributed by atoms with E-state index in [1.165, 1.54) is 24.0 Å². The summed E-state index contributed by atoms with van der Waals surface area (Å²) in [4.78, 5) is 14.1. The topological polar surface area (TPSA) is 49.8 Å². The number of ether oxygens (including phenoxy) is 1. The van der Waals surface area contributed by atoms with Gasteiger partial charge < -0.3 is 14.7 Å². The van der Waals surface area contributed by atoms with Crippen molar-refractivity contribution in [3.05, 3.63) is 29.3 Å². The highest BCUT2D eigenvalue weighted by Gasteiger charge is 2.22. The molecule has 0 saturated carbocycles. The van der Waals surface area contributed by atoms with Gasteiger partial charge in [0, 0.05) is 26.1 Å². The number of piperidine rings is 1. The second-order valence-electron chi connectivity index (χ2n) is 6.77. The van der Waals surface area contributed by atoms with E-state index in [1.54, 1.807) is 0 Å². The molecule has 1 saturated heterocycles. The summed E-state index contributed by atoms with van der Waals surface area (Å²) in [7, 11) is 0. The predicted molar refractivity (Wildman–Crippen MR) is 89.6 cm³/mol. The Kier molecular flexibility index (Phi) is 5.55. The third-order valence-corrected chi connectivity index (χ3v) is 5.00. The first-order chi connectivity index (χ1) is 11.3. The minimum Gasteiger partial charge on any atom is -0.494 e. The van der Waals surface area contributed by atoms with E-state index in [0.717, 1.165) is 38.0 Å². The van der Waals surface area contributed by atoms with Crippen LogP contribution in [-0.2, 0) is 17.6 Å². The highest BCUT2D eigenvalue weighted by Crippen LogP contribution is 2.26. The molecule has 0 aromatic heterocycles. The molecule has 23 heavy (non-hydrogen) atoms. The maximum absolute atomic E-state index is 12.2. The van der Waals surface area contributed by atoms with Gasteiger partial charge in [-0.25, -0.2) is 0 Å². The summed E-state index contributed by atoms with van der Waals surface area (Å²) >= 11 is 0. The first-order valence-electron chi connectivity index (χ1n) is 8.89. The molecule has 1 fully saturated rings. The fraction of sp³-hybridized carbons (Fsp3) is 0.632. The monoisotopic (exact) mass is 317 g/mol. The van der Waals surface area contributed by atoms with E-state index in [4.69, 9.17) is 4.74 Å². The molecular formula is C19H27NO3. The van der Waals surface area contributed by atoms with Crippen LogP contribution < -0.4 is 4.74 Å². The third-order valence-electron chi connectivity index (χ3n) is 5.00. The number of fused-ring (bicyclic) bond motifs is 1. The smallest absolute Gasteiger partial charge is 0.222 e. The van der Waals surface area contributed by atoms with Crippen LogP contribution in [0.15, 0.2) is 18.2 Å². The molecule has 4 heteroatoms. The Hall–Kier alpha value is -1.55. The number of amides is 1. The Morgan fingerprint density at radius 3 is 3.00 bits per heavy atom. The molecule has 1 unspecified atom stereocenters. The van der Waals surface area contributed by atoms with Crippen LogP contribution in [0.25, 0.3) is 0 Å². The summed E-state index contributed by atoms with van der Waals surface area (Å²) in [5, 5.41) is 9.24. The average molecular weight is 317 g/mol. The highest BCUT2D eigenvalue weighted by molar-refractivity contribution is 5.76. The maximum Gasteiger partial charge on any atom is 0.222 e. The third kappa shape index (κ3) is 4.25. The van der Waals surface area contributed by atoms with E-state index in [1.807, 2.05) is 11.0 Å². The van der Waals surface area contributed by atoms with E-state index < -0.39 is 0 Å². The SMILES string of the molecule is O=C(CCCOc1ccc2c(c1)CCC2)N1CCCC(CO)C1. The van der Waals surface area contributed by atoms with Gasteiger partial charge in [-0.05, 0) is 67.7 Å². The van der Waals surface area contributed by atoms with Crippen LogP contribution in [0.2, 0.25) is 0 Å². The zero-order valence-electron chi connectivity index (χ0n) is 13.8. The van der Waals surface area contributed by atoms with Crippen LogP contribution in [0.1, 0.15) is 43.2 Å². The zero-order chi connectivity index (χ0) is 16.1. The number of carbonyl (C=O) groups excluding carboxylic acids is 1. The number of aryl methyl sites for hydroxylation is 2. The van der Waals surface area contributed by atoms with Crippen molar-refractivity contribution in [2.45, 2.75) is 44.9 Å². The lowest BCUT2D eigenvalue weighted by Crippen LogP contribution is -2.40. The minimum absolute atomic E-state index is 0.186. The molecule has 1 aliphatic carbocycles. The lowest BCUT2D eigenvalue weighted by molar-refractivity contribution is -0.133. The molecule has 2 aliphatic rings. The zero-order valence-corrected chi connectivity index (χ0v) is 13.8. The number of hydrogen-bond donors (Lipinski definition) is 1. The molecule has 0 spiro atoms. The Morgan fingerprint density at radius 2 is 2.13 bits per heavy atom. The van der Waals surface area contributed by atoms with E-state index in [2.05, 4.69) is 12.1 Å². The molecule has 1 aliphatic heterocycles. The summed E-state index contributed by atoms with van der Waals surface area (Å²) in [5.41, 5.74) is 2.87. The van der Waals surface area contributed by atoms with Crippen molar-refractivity contribution in [2.75, 3.05) is 26.3 Å². The van der Waals surface area contributed by atoms with Crippen molar-refractivity contribution in [3.8, 4) is 5.75 Å². The summed E-state index contributed by atoms with van der Waals surface area (Å²) in [6, 6.07) is 6.37. The largest absolute Gasteiger partial charge is 0.494 e. The summed E-state index contributed by atoms with van der Waals surface area (Å²) in [6.07, 6.45) is 6.91. The predicted octanol–water partition coefficient (Wildman–Crippen LogP) is 2.57. The van der Waals surface area contributed by atoms with Crippen LogP contribution in [0.3, 0.4) is 0 Å². The molecule has 1 atom stereocenters. The number of carbonyl (C=O) groups is 1. The second kappa shape index (κ2) is 7.82. The van der Waals surface area contributed by atoms with Crippen LogP contribution in [0, 0.1) is 5.92 Å². The van der Waals surface area contributed by atoms with Crippen LogP contribution in [-0.4, -0.2) is 42.2 Å². The Balaban J connectivity index is 1.38. The molecule has 4 nitrogen and oxygen atoms in total. The van der Waals surface area contributed by atoms with Crippen LogP contribution >= 0.6 is 0 Å². The maximum atomic E-state index is 12.2. The highest BCUT2D eigenvalue weighted by atomic mass is 16.5. The number of aliphatic hydroxyl groups is 1. The molecule has 126 valence electrons. The van der Waals surface area contributed by atoms with Gasteiger partial charge in [-0.15, -0.1) is 0 Å². The number of aliphatic hydroxyl groups excluding tert-OH is 1. The average Bonchev–Trinajstić information content (AvgIpc) is 3.06. The van der Waals surface area contributed by atoms with Crippen molar-refractivity contribution >= 4 is 5.91 Å². The van der Waals surface area contributed by atoms with Gasteiger partial charge in [-0.2, -0.15) is 0 Å². The number of rotatable bonds is 6. The fourth-order valence-electron chi connectivity index (χ4n) is 3.65. The van der Waals surface area contributed by atoms with Crippen molar-refractivity contribution in [2.24, 2.45) is 5.92 Å². The molecule has 0 radical (unpaired) electrons. The van der Waals surface area contributed by atoms with Crippen molar-refractivity contribution in [1.82, 2.24) is 4.90 Å². The van der Waals surface area contributed by atoms with Gasteiger partial charge in [-0.1, -0.05) is 6.07 Å². The normalized spacial score (nSPS) is 20.4. The summed E-state index contributed by atoms with van der Waals surface area (Å²) in [5.74, 6) is 1.38. The van der Waals surface area contributed by atoms with Gasteiger partial charge in [0.15, 0.2) is 0 Å². The summed E-state index contributed by atoms with van der Waals surface area (Å²) < 4.78 is 5.80. The Labute approximate surface area is 138 Å². The first kappa shape index (κ1) is 16.3. The van der Waals surface area contributed by atoms with Gasteiger partial charge in [-0.3, -0.25) is 4.79 Å². The molecular weight excluding hydrogens is 290 g/mol. The number of hydrogen-bond acceptors (Lipinski definition) is 3. The van der Waals surface area contributed by atoms with Crippen molar-refractivity contribution < 1.29 is 14.6 Å². The molecule has 1 heterocycles. The number of benzene rings is 1. The van der Waals surface area contributed by atoms with Gasteiger partial charge in [0.25, 0.3) is 0 Å². The van der Waals surface area contributed by atoms with E-state index in [9.17, 15) is 9.90 Å². The lowest BCUT2D eigenvalue weighted by atomic mass is 9.99. The second-order valence-corrected chi connectivity index (χ2v) is 6.77. The molecule has 0 bridgehead atoms. The molecule has 3 rings (SSSR count). The molecule has 1 aromatic carbocycles. The van der Waals surface area contributed by atoms with Crippen molar-refractivity contribution in [3.63, 3.8) is 0 Å². The van der Waals surface area contributed by atoms with Crippen molar-refractivity contribution in [1.29, 1.82) is 0 Å². The fourth-order valence-corrected chi connectivity index (χ4v) is 3.65. The Bertz CT molecular complexity index is 543. The van der Waals surface area contributed by atoms with Gasteiger partial charge in [0.1, 0.15) is 5.75 Å².